The Morgan fingerprint density at radius 3 is 2.53 bits per heavy atom. The largest absolute Gasteiger partial charge is 0.480 e. The van der Waals surface area contributed by atoms with Gasteiger partial charge in [0.2, 0.25) is 0 Å². The monoisotopic (exact) mass is 285 g/mol. The molecule has 0 aliphatic heterocycles. The van der Waals surface area contributed by atoms with E-state index >= 15 is 0 Å². The Balaban J connectivity index is 3.16. The Morgan fingerprint density at radius 2 is 2.16 bits per heavy atom. The lowest BCUT2D eigenvalue weighted by molar-refractivity contribution is -0.172. The second kappa shape index (κ2) is 6.14. The summed E-state index contributed by atoms with van der Waals surface area (Å²) in [7, 11) is 0. The molecule has 1 atom stereocenters. The van der Waals surface area contributed by atoms with Gasteiger partial charge >= 0.3 is 11.9 Å². The van der Waals surface area contributed by atoms with Crippen molar-refractivity contribution in [3.63, 3.8) is 0 Å². The molecule has 0 aromatic carbocycles. The summed E-state index contributed by atoms with van der Waals surface area (Å²) < 4.78 is 4.97. The van der Waals surface area contributed by atoms with E-state index in [1.54, 1.807) is 20.8 Å². The van der Waals surface area contributed by atoms with Crippen molar-refractivity contribution in [1.82, 2.24) is 4.98 Å². The van der Waals surface area contributed by atoms with E-state index < -0.39 is 17.4 Å². The van der Waals surface area contributed by atoms with Crippen LogP contribution in [-0.4, -0.2) is 28.6 Å². The number of carboxylic acid groups (broad SMARTS) is 1. The molecule has 1 N–H and O–H groups in total. The Kier molecular flexibility index (Phi) is 5.05. The van der Waals surface area contributed by atoms with E-state index in [1.807, 2.05) is 12.3 Å². The van der Waals surface area contributed by atoms with Gasteiger partial charge in [0.05, 0.1) is 11.6 Å². The molecule has 0 aliphatic carbocycles. The maximum Gasteiger partial charge on any atom is 0.324 e. The summed E-state index contributed by atoms with van der Waals surface area (Å²) in [5, 5.41) is 12.0. The van der Waals surface area contributed by atoms with Gasteiger partial charge in [-0.1, -0.05) is 13.8 Å². The van der Waals surface area contributed by atoms with E-state index in [1.165, 1.54) is 11.3 Å². The number of hydrogen-bond donors (Lipinski definition) is 1. The van der Waals surface area contributed by atoms with E-state index in [0.29, 0.717) is 5.01 Å². The fourth-order valence-electron chi connectivity index (χ4n) is 1.90. The lowest BCUT2D eigenvalue weighted by Crippen LogP contribution is -2.46. The van der Waals surface area contributed by atoms with Gasteiger partial charge in [0, 0.05) is 17.5 Å². The summed E-state index contributed by atoms with van der Waals surface area (Å²) in [5.74, 6) is -2.23. The minimum Gasteiger partial charge on any atom is -0.480 e. The summed E-state index contributed by atoms with van der Waals surface area (Å²) in [6.45, 7) is 7.09. The van der Waals surface area contributed by atoms with Crippen LogP contribution in [0.4, 0.5) is 0 Å². The summed E-state index contributed by atoms with van der Waals surface area (Å²) in [6.07, 6.45) is 0.0668. The number of thiazole rings is 1. The van der Waals surface area contributed by atoms with Gasteiger partial charge in [-0.05, 0) is 19.8 Å². The maximum absolute atomic E-state index is 12.1. The van der Waals surface area contributed by atoms with Crippen molar-refractivity contribution in [2.45, 2.75) is 34.1 Å². The predicted octanol–water partition coefficient (Wildman–Crippen LogP) is 2.28. The van der Waals surface area contributed by atoms with Crippen molar-refractivity contribution in [2.75, 3.05) is 6.61 Å². The fourth-order valence-corrected chi connectivity index (χ4v) is 2.77. The molecule has 0 saturated carbocycles. The van der Waals surface area contributed by atoms with Crippen molar-refractivity contribution < 1.29 is 19.4 Å². The minimum atomic E-state index is -1.57. The normalized spacial score (nSPS) is 14.2. The van der Waals surface area contributed by atoms with Crippen LogP contribution in [0.3, 0.4) is 0 Å². The van der Waals surface area contributed by atoms with Crippen molar-refractivity contribution in [3.8, 4) is 0 Å². The van der Waals surface area contributed by atoms with Crippen LogP contribution in [0.15, 0.2) is 5.38 Å². The quantitative estimate of drug-likeness (QED) is 0.641. The zero-order valence-electron chi connectivity index (χ0n) is 11.6. The first-order valence-corrected chi connectivity index (χ1v) is 7.04. The lowest BCUT2D eigenvalue weighted by atomic mass is 9.74. The number of hydrogen-bond acceptors (Lipinski definition) is 5. The van der Waals surface area contributed by atoms with Crippen LogP contribution in [0.2, 0.25) is 0 Å². The van der Waals surface area contributed by atoms with Gasteiger partial charge in [-0.2, -0.15) is 0 Å². The molecule has 0 radical (unpaired) electrons. The Labute approximate surface area is 116 Å². The molecule has 1 rings (SSSR count). The van der Waals surface area contributed by atoms with E-state index in [9.17, 15) is 14.7 Å². The van der Waals surface area contributed by atoms with Crippen LogP contribution in [0.5, 0.6) is 0 Å². The predicted molar refractivity (Wildman–Crippen MR) is 72.1 cm³/mol. The number of aromatic nitrogens is 1. The summed E-state index contributed by atoms with van der Waals surface area (Å²) in [6, 6.07) is 0. The number of esters is 1. The number of carboxylic acids is 1. The molecule has 6 heteroatoms. The molecule has 0 saturated heterocycles. The number of carbonyl (C=O) groups is 2. The van der Waals surface area contributed by atoms with Crippen molar-refractivity contribution >= 4 is 23.3 Å². The molecule has 19 heavy (non-hydrogen) atoms. The number of carbonyl (C=O) groups excluding carboxylic acids is 1. The van der Waals surface area contributed by atoms with Crippen LogP contribution < -0.4 is 0 Å². The molecule has 0 bridgehead atoms. The number of aryl methyl sites for hydroxylation is 1. The van der Waals surface area contributed by atoms with Crippen LogP contribution in [-0.2, 0) is 20.7 Å². The smallest absolute Gasteiger partial charge is 0.324 e. The standard InChI is InChI=1S/C13H19NO4S/c1-5-18-12(17)13(8(2)3,11(15)16)6-10-14-9(4)7-19-10/h7-8H,5-6H2,1-4H3,(H,15,16). The third-order valence-electron chi connectivity index (χ3n) is 3.10. The molecule has 0 spiro atoms. The van der Waals surface area contributed by atoms with Crippen molar-refractivity contribution in [1.29, 1.82) is 0 Å². The first-order valence-electron chi connectivity index (χ1n) is 6.16. The lowest BCUT2D eigenvalue weighted by Gasteiger charge is -2.30. The van der Waals surface area contributed by atoms with Gasteiger partial charge in [-0.15, -0.1) is 11.3 Å². The van der Waals surface area contributed by atoms with Gasteiger partial charge in [-0.3, -0.25) is 9.59 Å². The molecule has 1 aromatic heterocycles. The van der Waals surface area contributed by atoms with Gasteiger partial charge in [0.25, 0.3) is 0 Å². The maximum atomic E-state index is 12.1. The van der Waals surface area contributed by atoms with Gasteiger partial charge < -0.3 is 9.84 Å². The van der Waals surface area contributed by atoms with E-state index in [0.717, 1.165) is 5.69 Å². The number of aliphatic carboxylic acids is 1. The average Bonchev–Trinajstić information content (AvgIpc) is 2.70. The number of nitrogens with zero attached hydrogens (tertiary/aromatic N) is 1. The first kappa shape index (κ1) is 15.6. The zero-order chi connectivity index (χ0) is 14.6. The number of ether oxygens (including phenoxy) is 1. The molecule has 0 aliphatic rings. The molecule has 0 fully saturated rings. The third-order valence-corrected chi connectivity index (χ3v) is 4.07. The highest BCUT2D eigenvalue weighted by atomic mass is 32.1. The highest BCUT2D eigenvalue weighted by molar-refractivity contribution is 7.09. The SMILES string of the molecule is CCOC(=O)C(Cc1nc(C)cs1)(C(=O)O)C(C)C. The molecule has 0 amide bonds. The molecular formula is C13H19NO4S. The topological polar surface area (TPSA) is 76.5 Å². The molecule has 1 aromatic rings. The zero-order valence-corrected chi connectivity index (χ0v) is 12.4. The highest BCUT2D eigenvalue weighted by Gasteiger charge is 2.51. The Hall–Kier alpha value is -1.43. The van der Waals surface area contributed by atoms with Crippen LogP contribution in [0.25, 0.3) is 0 Å². The minimum absolute atomic E-state index is 0.0668. The van der Waals surface area contributed by atoms with Crippen LogP contribution in [0, 0.1) is 18.3 Å². The number of rotatable bonds is 6. The fraction of sp³-hybridized carbons (Fsp3) is 0.615. The van der Waals surface area contributed by atoms with Crippen molar-refractivity contribution in [3.05, 3.63) is 16.1 Å². The van der Waals surface area contributed by atoms with E-state index in [4.69, 9.17) is 4.74 Å². The van der Waals surface area contributed by atoms with Gasteiger partial charge in [0.15, 0.2) is 5.41 Å². The second-order valence-corrected chi connectivity index (χ2v) is 5.65. The first-order chi connectivity index (χ1) is 8.84. The third kappa shape index (κ3) is 3.12. The summed E-state index contributed by atoms with van der Waals surface area (Å²) in [4.78, 5) is 28.0. The highest BCUT2D eigenvalue weighted by Crippen LogP contribution is 2.35. The molecule has 106 valence electrons. The molecule has 1 unspecified atom stereocenters. The Bertz CT molecular complexity index is 469. The van der Waals surface area contributed by atoms with Gasteiger partial charge in [0.1, 0.15) is 0 Å². The summed E-state index contributed by atoms with van der Waals surface area (Å²) >= 11 is 1.36. The van der Waals surface area contributed by atoms with Crippen LogP contribution in [0.1, 0.15) is 31.5 Å². The second-order valence-electron chi connectivity index (χ2n) is 4.71. The summed E-state index contributed by atoms with van der Waals surface area (Å²) in [5.41, 5.74) is -0.743. The molecular weight excluding hydrogens is 266 g/mol. The van der Waals surface area contributed by atoms with Crippen molar-refractivity contribution in [2.24, 2.45) is 11.3 Å². The van der Waals surface area contributed by atoms with E-state index in [-0.39, 0.29) is 18.9 Å². The van der Waals surface area contributed by atoms with Gasteiger partial charge in [-0.25, -0.2) is 4.98 Å². The average molecular weight is 285 g/mol. The van der Waals surface area contributed by atoms with Crippen LogP contribution >= 0.6 is 11.3 Å². The Morgan fingerprint density at radius 1 is 1.53 bits per heavy atom. The molecule has 1 heterocycles. The van der Waals surface area contributed by atoms with E-state index in [2.05, 4.69) is 4.98 Å². The molecule has 5 nitrogen and oxygen atoms in total.